The van der Waals surface area contributed by atoms with Gasteiger partial charge in [0.1, 0.15) is 0 Å². The highest BCUT2D eigenvalue weighted by Gasteiger charge is 2.37. The second kappa shape index (κ2) is 13.2. The van der Waals surface area contributed by atoms with Crippen LogP contribution in [0.2, 0.25) is 0 Å². The summed E-state index contributed by atoms with van der Waals surface area (Å²) in [5, 5.41) is 0. The zero-order valence-corrected chi connectivity index (χ0v) is 22.1. The average Bonchev–Trinajstić information content (AvgIpc) is 2.89. The Hall–Kier alpha value is -2.60. The molecule has 0 N–H and O–H groups in total. The Kier molecular flexibility index (Phi) is 10.4. The molecule has 4 nitrogen and oxygen atoms in total. The van der Waals surface area contributed by atoms with Gasteiger partial charge in [0.2, 0.25) is 0 Å². The minimum atomic E-state index is -4.65. The number of halogens is 8. The van der Waals surface area contributed by atoms with Gasteiger partial charge >= 0.3 is 12.4 Å². The van der Waals surface area contributed by atoms with Gasteiger partial charge in [0.05, 0.1) is 22.5 Å². The van der Waals surface area contributed by atoms with Crippen LogP contribution in [0.25, 0.3) is 0 Å². The molecule has 0 aromatic heterocycles. The third kappa shape index (κ3) is 7.97. The van der Waals surface area contributed by atoms with Crippen LogP contribution in [0.15, 0.2) is 36.4 Å². The summed E-state index contributed by atoms with van der Waals surface area (Å²) in [4.78, 5) is 7.79. The summed E-state index contributed by atoms with van der Waals surface area (Å²) >= 11 is 0. The molecular weight excluding hydrogens is 532 g/mol. The van der Waals surface area contributed by atoms with Gasteiger partial charge < -0.3 is 14.7 Å². The number of anilines is 2. The fourth-order valence-electron chi connectivity index (χ4n) is 4.80. The van der Waals surface area contributed by atoms with Gasteiger partial charge in [-0.1, -0.05) is 26.0 Å². The number of piperazine rings is 2. The van der Waals surface area contributed by atoms with Crippen molar-refractivity contribution in [3.05, 3.63) is 59.2 Å². The molecule has 4 rings (SSSR count). The summed E-state index contributed by atoms with van der Waals surface area (Å²) in [6.45, 7) is 11.2. The molecule has 2 aromatic rings. The maximum Gasteiger partial charge on any atom is 0.419 e. The summed E-state index contributed by atoms with van der Waals surface area (Å²) in [6, 6.07) is 6.91. The van der Waals surface area contributed by atoms with Crippen molar-refractivity contribution in [1.29, 1.82) is 0 Å². The molecule has 0 unspecified atom stereocenters. The molecule has 2 saturated heterocycles. The van der Waals surface area contributed by atoms with E-state index in [1.165, 1.54) is 24.3 Å². The first-order chi connectivity index (χ1) is 18.4. The SMILES string of the molecule is CCCN1CCN(c2cccc(C(F)(F)F)c2F)CC1.CCN1CCN(c2cccc(C(F)(F)F)c2F)CC1. The van der Waals surface area contributed by atoms with E-state index < -0.39 is 35.1 Å². The maximum atomic E-state index is 14.0. The van der Waals surface area contributed by atoms with Crippen LogP contribution in [0.1, 0.15) is 31.4 Å². The largest absolute Gasteiger partial charge is 0.419 e. The lowest BCUT2D eigenvalue weighted by Crippen LogP contribution is -2.46. The monoisotopic (exact) mass is 566 g/mol. The van der Waals surface area contributed by atoms with Gasteiger partial charge in [-0.05, 0) is 43.8 Å². The summed E-state index contributed by atoms with van der Waals surface area (Å²) in [7, 11) is 0. The molecular formula is C27H34F8N4. The van der Waals surface area contributed by atoms with E-state index in [1.54, 1.807) is 9.80 Å². The van der Waals surface area contributed by atoms with Crippen LogP contribution in [-0.4, -0.2) is 75.2 Å². The molecule has 0 bridgehead atoms. The van der Waals surface area contributed by atoms with Crippen molar-refractivity contribution in [2.75, 3.05) is 75.2 Å². The van der Waals surface area contributed by atoms with E-state index in [2.05, 4.69) is 16.7 Å². The molecule has 218 valence electrons. The quantitative estimate of drug-likeness (QED) is 0.391. The fraction of sp³-hybridized carbons (Fsp3) is 0.556. The summed E-state index contributed by atoms with van der Waals surface area (Å²) in [5.41, 5.74) is -2.28. The number of hydrogen-bond donors (Lipinski definition) is 0. The van der Waals surface area contributed by atoms with Crippen molar-refractivity contribution >= 4 is 11.4 Å². The van der Waals surface area contributed by atoms with Gasteiger partial charge in [0.15, 0.2) is 11.6 Å². The molecule has 2 aliphatic heterocycles. The van der Waals surface area contributed by atoms with Crippen molar-refractivity contribution in [3.63, 3.8) is 0 Å². The predicted octanol–water partition coefficient (Wildman–Crippen LogP) is 6.36. The topological polar surface area (TPSA) is 13.0 Å². The number of nitrogens with zero attached hydrogens (tertiary/aromatic N) is 4. The van der Waals surface area contributed by atoms with Gasteiger partial charge in [0, 0.05) is 52.4 Å². The van der Waals surface area contributed by atoms with Crippen LogP contribution in [0.5, 0.6) is 0 Å². The van der Waals surface area contributed by atoms with Crippen LogP contribution in [0.4, 0.5) is 46.5 Å². The summed E-state index contributed by atoms with van der Waals surface area (Å²) < 4.78 is 104. The first kappa shape index (κ1) is 30.9. The van der Waals surface area contributed by atoms with Gasteiger partial charge in [0.25, 0.3) is 0 Å². The molecule has 2 aliphatic rings. The molecule has 0 spiro atoms. The van der Waals surface area contributed by atoms with E-state index in [4.69, 9.17) is 0 Å². The van der Waals surface area contributed by atoms with Gasteiger partial charge in [-0.2, -0.15) is 26.3 Å². The highest BCUT2D eigenvalue weighted by Crippen LogP contribution is 2.36. The Labute approximate surface area is 223 Å². The predicted molar refractivity (Wildman–Crippen MR) is 136 cm³/mol. The molecule has 0 saturated carbocycles. The number of alkyl halides is 6. The van der Waals surface area contributed by atoms with E-state index in [-0.39, 0.29) is 11.4 Å². The summed E-state index contributed by atoms with van der Waals surface area (Å²) in [5.74, 6) is -2.33. The number of rotatable bonds is 5. The molecule has 2 aromatic carbocycles. The van der Waals surface area contributed by atoms with Gasteiger partial charge in [-0.15, -0.1) is 0 Å². The average molecular weight is 567 g/mol. The van der Waals surface area contributed by atoms with E-state index in [1.807, 2.05) is 6.92 Å². The molecule has 0 atom stereocenters. The number of likely N-dealkylation sites (N-methyl/N-ethyl adjacent to an activating group) is 1. The van der Waals surface area contributed by atoms with Crippen molar-refractivity contribution in [2.24, 2.45) is 0 Å². The van der Waals surface area contributed by atoms with Crippen LogP contribution in [-0.2, 0) is 12.4 Å². The standard InChI is InChI=1S/C14H18F4N2.C13H16F4N2/c1-2-6-19-7-9-20(10-8-19)12-5-3-4-11(13(12)15)14(16,17)18;1-2-18-6-8-19(9-7-18)11-5-3-4-10(12(11)14)13(15,16)17/h3-5H,2,6-10H2,1H3;3-5H,2,6-9H2,1H3. The van der Waals surface area contributed by atoms with Crippen molar-refractivity contribution in [2.45, 2.75) is 32.6 Å². The molecule has 0 aliphatic carbocycles. The number of benzene rings is 2. The maximum absolute atomic E-state index is 14.0. The van der Waals surface area contributed by atoms with E-state index >= 15 is 0 Å². The highest BCUT2D eigenvalue weighted by atomic mass is 19.4. The Morgan fingerprint density at radius 3 is 1.31 bits per heavy atom. The fourth-order valence-corrected chi connectivity index (χ4v) is 4.80. The van der Waals surface area contributed by atoms with Crippen LogP contribution in [0, 0.1) is 11.6 Å². The zero-order valence-electron chi connectivity index (χ0n) is 22.1. The lowest BCUT2D eigenvalue weighted by Gasteiger charge is -2.36. The van der Waals surface area contributed by atoms with E-state index in [9.17, 15) is 35.1 Å². The number of hydrogen-bond acceptors (Lipinski definition) is 4. The van der Waals surface area contributed by atoms with Gasteiger partial charge in [-0.3, -0.25) is 4.90 Å². The first-order valence-corrected chi connectivity index (χ1v) is 13.0. The van der Waals surface area contributed by atoms with Crippen LogP contribution < -0.4 is 9.80 Å². The first-order valence-electron chi connectivity index (χ1n) is 13.0. The van der Waals surface area contributed by atoms with Crippen molar-refractivity contribution in [3.8, 4) is 0 Å². The Morgan fingerprint density at radius 1 is 0.590 bits per heavy atom. The molecule has 12 heteroatoms. The molecule has 39 heavy (non-hydrogen) atoms. The van der Waals surface area contributed by atoms with Crippen molar-refractivity contribution < 1.29 is 35.1 Å². The molecule has 2 fully saturated rings. The second-order valence-corrected chi connectivity index (χ2v) is 9.52. The Morgan fingerprint density at radius 2 is 0.974 bits per heavy atom. The highest BCUT2D eigenvalue weighted by molar-refractivity contribution is 5.52. The minimum Gasteiger partial charge on any atom is -0.367 e. The molecule has 0 amide bonds. The third-order valence-electron chi connectivity index (χ3n) is 6.98. The van der Waals surface area contributed by atoms with E-state index in [0.29, 0.717) is 26.2 Å². The normalized spacial score (nSPS) is 17.7. The van der Waals surface area contributed by atoms with E-state index in [0.717, 1.165) is 57.8 Å². The lowest BCUT2D eigenvalue weighted by molar-refractivity contribution is -0.140. The summed E-state index contributed by atoms with van der Waals surface area (Å²) in [6.07, 6.45) is -8.26. The van der Waals surface area contributed by atoms with Gasteiger partial charge in [-0.25, -0.2) is 8.78 Å². The second-order valence-electron chi connectivity index (χ2n) is 9.52. The zero-order chi connectivity index (χ0) is 28.8. The lowest BCUT2D eigenvalue weighted by atomic mass is 10.1. The Bertz CT molecular complexity index is 1060. The molecule has 2 heterocycles. The van der Waals surface area contributed by atoms with Crippen molar-refractivity contribution in [1.82, 2.24) is 9.80 Å². The Balaban J connectivity index is 0.000000216. The third-order valence-corrected chi connectivity index (χ3v) is 6.98. The minimum absolute atomic E-state index is 0.0468. The van der Waals surface area contributed by atoms with Crippen LogP contribution >= 0.6 is 0 Å². The van der Waals surface area contributed by atoms with Crippen LogP contribution in [0.3, 0.4) is 0 Å². The smallest absolute Gasteiger partial charge is 0.367 e. The molecule has 0 radical (unpaired) electrons.